The summed E-state index contributed by atoms with van der Waals surface area (Å²) in [5.41, 5.74) is 3.61. The second-order valence-corrected chi connectivity index (χ2v) is 8.39. The molecular weight excluding hydrogens is 372 g/mol. The van der Waals surface area contributed by atoms with Gasteiger partial charge in [0.15, 0.2) is 0 Å². The van der Waals surface area contributed by atoms with E-state index in [1.807, 2.05) is 30.0 Å². The van der Waals surface area contributed by atoms with Crippen LogP contribution in [0.15, 0.2) is 54.6 Å². The first-order valence-corrected chi connectivity index (χ1v) is 11.2. The van der Waals surface area contributed by atoms with Crippen LogP contribution < -0.4 is 0 Å². The molecule has 2 heterocycles. The van der Waals surface area contributed by atoms with Gasteiger partial charge in [0.2, 0.25) is 5.91 Å². The number of hydrogen-bond donors (Lipinski definition) is 1. The molecular formula is C26H32N2O2. The van der Waals surface area contributed by atoms with Crippen LogP contribution in [0.3, 0.4) is 0 Å². The Balaban J connectivity index is 1.51. The molecule has 2 aliphatic heterocycles. The van der Waals surface area contributed by atoms with Crippen molar-refractivity contribution < 1.29 is 9.90 Å². The Bertz CT molecular complexity index is 862. The number of nitrogens with zero attached hydrogens (tertiary/aromatic N) is 2. The highest BCUT2D eigenvalue weighted by atomic mass is 16.3. The van der Waals surface area contributed by atoms with Crippen molar-refractivity contribution in [1.82, 2.24) is 9.80 Å². The Morgan fingerprint density at radius 2 is 1.67 bits per heavy atom. The molecule has 30 heavy (non-hydrogen) atoms. The Morgan fingerprint density at radius 1 is 1.00 bits per heavy atom. The molecule has 4 rings (SSSR count). The third kappa shape index (κ3) is 4.35. The Kier molecular flexibility index (Phi) is 6.66. The molecule has 4 nitrogen and oxygen atoms in total. The van der Waals surface area contributed by atoms with E-state index in [0.29, 0.717) is 12.5 Å². The summed E-state index contributed by atoms with van der Waals surface area (Å²) in [6, 6.07) is 19.4. The summed E-state index contributed by atoms with van der Waals surface area (Å²) in [5, 5.41) is 10.1. The molecule has 2 aromatic rings. The molecule has 0 bridgehead atoms. The van der Waals surface area contributed by atoms with E-state index >= 15 is 0 Å². The first kappa shape index (κ1) is 20.8. The highest BCUT2D eigenvalue weighted by molar-refractivity contribution is 5.76. The molecule has 158 valence electrons. The summed E-state index contributed by atoms with van der Waals surface area (Å²) in [5.74, 6) is 0.511. The van der Waals surface area contributed by atoms with Gasteiger partial charge in [-0.05, 0) is 36.1 Å². The minimum Gasteiger partial charge on any atom is -0.395 e. The SMILES string of the molecule is CCC(=O)N1CCCCN2[C@@H](CO)[C@H](c3ccc(/C=C/c4ccccc4)cc3)[C@@H]2C1. The second-order valence-electron chi connectivity index (χ2n) is 8.39. The van der Waals surface area contributed by atoms with E-state index in [0.717, 1.165) is 32.5 Å². The van der Waals surface area contributed by atoms with Crippen molar-refractivity contribution in [1.29, 1.82) is 0 Å². The first-order valence-electron chi connectivity index (χ1n) is 11.2. The van der Waals surface area contributed by atoms with E-state index in [-0.39, 0.29) is 24.5 Å². The molecule has 1 amide bonds. The summed E-state index contributed by atoms with van der Waals surface area (Å²) in [6.45, 7) is 4.74. The van der Waals surface area contributed by atoms with Gasteiger partial charge < -0.3 is 10.0 Å². The zero-order chi connectivity index (χ0) is 20.9. The van der Waals surface area contributed by atoms with Gasteiger partial charge in [0.05, 0.1) is 6.61 Å². The highest BCUT2D eigenvalue weighted by Crippen LogP contribution is 2.42. The van der Waals surface area contributed by atoms with E-state index in [9.17, 15) is 9.90 Å². The van der Waals surface area contributed by atoms with Crippen LogP contribution in [0.1, 0.15) is 48.8 Å². The van der Waals surface area contributed by atoms with E-state index in [1.54, 1.807) is 0 Å². The Hall–Kier alpha value is -2.43. The molecule has 3 atom stereocenters. The summed E-state index contributed by atoms with van der Waals surface area (Å²) in [7, 11) is 0. The minimum atomic E-state index is 0.150. The van der Waals surface area contributed by atoms with Crippen molar-refractivity contribution in [3.8, 4) is 0 Å². The number of fused-ring (bicyclic) bond motifs is 1. The minimum absolute atomic E-state index is 0.150. The van der Waals surface area contributed by atoms with Crippen molar-refractivity contribution in [3.05, 3.63) is 71.3 Å². The van der Waals surface area contributed by atoms with Crippen LogP contribution in [0.2, 0.25) is 0 Å². The molecule has 2 saturated heterocycles. The molecule has 4 heteroatoms. The standard InChI is InChI=1S/C26H32N2O2/c1-2-25(30)27-16-6-7-17-28-23(18-27)26(24(28)19-29)22-14-12-21(13-15-22)11-10-20-8-4-3-5-9-20/h3-5,8-15,23-24,26,29H,2,6-7,16-19H2,1H3/b11-10+/t23-,24-,26+/m0/s1. The molecule has 0 unspecified atom stereocenters. The van der Waals surface area contributed by atoms with Gasteiger partial charge in [-0.25, -0.2) is 0 Å². The smallest absolute Gasteiger partial charge is 0.222 e. The average molecular weight is 405 g/mol. The van der Waals surface area contributed by atoms with Crippen LogP contribution >= 0.6 is 0 Å². The molecule has 0 aliphatic carbocycles. The molecule has 1 N–H and O–H groups in total. The number of aliphatic hydroxyl groups is 1. The fourth-order valence-electron chi connectivity index (χ4n) is 4.98. The lowest BCUT2D eigenvalue weighted by atomic mass is 9.74. The molecule has 2 fully saturated rings. The molecule has 2 aromatic carbocycles. The normalized spacial score (nSPS) is 24.7. The first-order chi connectivity index (χ1) is 14.7. The lowest BCUT2D eigenvalue weighted by molar-refractivity contribution is -0.136. The number of aliphatic hydroxyl groups excluding tert-OH is 1. The predicted octanol–water partition coefficient (Wildman–Crippen LogP) is 4.02. The lowest BCUT2D eigenvalue weighted by Crippen LogP contribution is -2.67. The maximum atomic E-state index is 12.4. The van der Waals surface area contributed by atoms with E-state index in [1.165, 1.54) is 16.7 Å². The Morgan fingerprint density at radius 3 is 2.33 bits per heavy atom. The summed E-state index contributed by atoms with van der Waals surface area (Å²) in [4.78, 5) is 16.8. The Labute approximate surface area is 179 Å². The number of amides is 1. The van der Waals surface area contributed by atoms with Crippen LogP contribution in [0.4, 0.5) is 0 Å². The summed E-state index contributed by atoms with van der Waals surface area (Å²) < 4.78 is 0. The summed E-state index contributed by atoms with van der Waals surface area (Å²) in [6.07, 6.45) is 6.94. The van der Waals surface area contributed by atoms with E-state index < -0.39 is 0 Å². The van der Waals surface area contributed by atoms with Crippen LogP contribution in [-0.2, 0) is 4.79 Å². The third-order valence-corrected chi connectivity index (χ3v) is 6.61. The number of carbonyl (C=O) groups excluding carboxylic acids is 1. The molecule has 0 aromatic heterocycles. The van der Waals surface area contributed by atoms with Gasteiger partial charge in [-0.3, -0.25) is 9.69 Å². The van der Waals surface area contributed by atoms with Crippen LogP contribution in [0.5, 0.6) is 0 Å². The fourth-order valence-corrected chi connectivity index (χ4v) is 4.98. The van der Waals surface area contributed by atoms with Crippen molar-refractivity contribution in [2.45, 2.75) is 44.2 Å². The third-order valence-electron chi connectivity index (χ3n) is 6.61. The lowest BCUT2D eigenvalue weighted by Gasteiger charge is -2.57. The maximum Gasteiger partial charge on any atom is 0.222 e. The van der Waals surface area contributed by atoms with Crippen LogP contribution in [0.25, 0.3) is 12.2 Å². The van der Waals surface area contributed by atoms with Crippen LogP contribution in [-0.4, -0.2) is 59.1 Å². The maximum absolute atomic E-state index is 12.4. The van der Waals surface area contributed by atoms with E-state index in [2.05, 4.69) is 53.5 Å². The van der Waals surface area contributed by atoms with Gasteiger partial charge >= 0.3 is 0 Å². The van der Waals surface area contributed by atoms with Crippen molar-refractivity contribution >= 4 is 18.1 Å². The highest BCUT2D eigenvalue weighted by Gasteiger charge is 2.49. The zero-order valence-corrected chi connectivity index (χ0v) is 17.8. The topological polar surface area (TPSA) is 43.8 Å². The van der Waals surface area contributed by atoms with Gasteiger partial charge in [0.1, 0.15) is 0 Å². The second kappa shape index (κ2) is 9.59. The van der Waals surface area contributed by atoms with Gasteiger partial charge in [-0.15, -0.1) is 0 Å². The van der Waals surface area contributed by atoms with Gasteiger partial charge in [0, 0.05) is 37.5 Å². The molecule has 0 spiro atoms. The average Bonchev–Trinajstić information content (AvgIpc) is 2.77. The van der Waals surface area contributed by atoms with E-state index in [4.69, 9.17) is 0 Å². The monoisotopic (exact) mass is 404 g/mol. The zero-order valence-electron chi connectivity index (χ0n) is 17.8. The number of rotatable bonds is 5. The van der Waals surface area contributed by atoms with Crippen LogP contribution in [0, 0.1) is 0 Å². The predicted molar refractivity (Wildman–Crippen MR) is 122 cm³/mol. The van der Waals surface area contributed by atoms with Gasteiger partial charge in [0.25, 0.3) is 0 Å². The number of benzene rings is 2. The number of carbonyl (C=O) groups is 1. The van der Waals surface area contributed by atoms with Crippen molar-refractivity contribution in [2.24, 2.45) is 0 Å². The molecule has 0 radical (unpaired) electrons. The fraction of sp³-hybridized carbons (Fsp3) is 0.423. The molecule has 0 saturated carbocycles. The van der Waals surface area contributed by atoms with Crippen molar-refractivity contribution in [3.63, 3.8) is 0 Å². The summed E-state index contributed by atoms with van der Waals surface area (Å²) >= 11 is 0. The molecule has 2 aliphatic rings. The largest absolute Gasteiger partial charge is 0.395 e. The van der Waals surface area contributed by atoms with Gasteiger partial charge in [-0.1, -0.05) is 73.7 Å². The quantitative estimate of drug-likeness (QED) is 0.766. The van der Waals surface area contributed by atoms with Crippen molar-refractivity contribution in [2.75, 3.05) is 26.2 Å². The number of hydrogen-bond acceptors (Lipinski definition) is 3. The van der Waals surface area contributed by atoms with Gasteiger partial charge in [-0.2, -0.15) is 0 Å².